The maximum Gasteiger partial charge on any atom is 0.280 e. The predicted molar refractivity (Wildman–Crippen MR) is 54.5 cm³/mol. The molecule has 2 N–H and O–H groups in total. The smallest absolute Gasteiger partial charge is 0.280 e. The van der Waals surface area contributed by atoms with Crippen LogP contribution in [0.4, 0.5) is 8.78 Å². The molecule has 6 heteroatoms. The number of rotatable bonds is 2. The molecule has 14 heavy (non-hydrogen) atoms. The largest absolute Gasteiger partial charge is 0.326 e. The van der Waals surface area contributed by atoms with E-state index >= 15 is 0 Å². The molecule has 0 aromatic carbocycles. The zero-order valence-electron chi connectivity index (χ0n) is 6.97. The molecule has 0 aliphatic rings. The number of nitrogens with zero attached hydrogens (tertiary/aromatic N) is 2. The van der Waals surface area contributed by atoms with Crippen LogP contribution in [0.5, 0.6) is 0 Å². The molecule has 0 unspecified atom stereocenters. The van der Waals surface area contributed by atoms with Crippen LogP contribution in [0.25, 0.3) is 0 Å². The molecule has 1 rings (SSSR count). The van der Waals surface area contributed by atoms with Crippen LogP contribution in [0.2, 0.25) is 0 Å². The van der Waals surface area contributed by atoms with E-state index < -0.39 is 6.43 Å². The van der Waals surface area contributed by atoms with Gasteiger partial charge in [0.15, 0.2) is 0 Å². The zero-order valence-corrected chi connectivity index (χ0v) is 9.12. The average Bonchev–Trinajstić information content (AvgIpc) is 2.17. The van der Waals surface area contributed by atoms with Gasteiger partial charge in [-0.25, -0.2) is 13.8 Å². The van der Waals surface area contributed by atoms with Gasteiger partial charge in [0.05, 0.1) is 5.56 Å². The SMILES string of the molecule is N#Cc1cc(CN)c(C(F)F)nc1I. The van der Waals surface area contributed by atoms with Crippen molar-refractivity contribution in [1.29, 1.82) is 5.26 Å². The second-order valence-corrected chi connectivity index (χ2v) is 3.51. The standard InChI is InChI=1S/C8H6F2IN3/c9-7(10)6-4(2-12)1-5(3-13)8(11)14-6/h1,7H,2,12H2. The van der Waals surface area contributed by atoms with E-state index in [0.29, 0.717) is 0 Å². The molecule has 0 spiro atoms. The topological polar surface area (TPSA) is 62.7 Å². The first-order valence-corrected chi connectivity index (χ1v) is 4.75. The number of nitriles is 1. The minimum absolute atomic E-state index is 0.0434. The lowest BCUT2D eigenvalue weighted by Gasteiger charge is -2.07. The van der Waals surface area contributed by atoms with Gasteiger partial charge in [-0.15, -0.1) is 0 Å². The summed E-state index contributed by atoms with van der Waals surface area (Å²) in [6.07, 6.45) is -2.66. The third kappa shape index (κ3) is 2.16. The van der Waals surface area contributed by atoms with E-state index in [-0.39, 0.29) is 27.1 Å². The lowest BCUT2D eigenvalue weighted by Crippen LogP contribution is -2.07. The molecule has 0 amide bonds. The molecular weight excluding hydrogens is 303 g/mol. The molecule has 0 saturated heterocycles. The van der Waals surface area contributed by atoms with Crippen molar-refractivity contribution in [2.75, 3.05) is 0 Å². The third-order valence-corrected chi connectivity index (χ3v) is 2.46. The molecular formula is C8H6F2IN3. The van der Waals surface area contributed by atoms with E-state index in [2.05, 4.69) is 4.98 Å². The predicted octanol–water partition coefficient (Wildman–Crippen LogP) is 1.95. The highest BCUT2D eigenvalue weighted by Gasteiger charge is 2.16. The van der Waals surface area contributed by atoms with Crippen LogP contribution >= 0.6 is 22.6 Å². The Balaban J connectivity index is 3.33. The van der Waals surface area contributed by atoms with E-state index in [1.165, 1.54) is 6.07 Å². The molecule has 1 aromatic heterocycles. The summed E-state index contributed by atoms with van der Waals surface area (Å²) in [5.74, 6) is 0. The summed E-state index contributed by atoms with van der Waals surface area (Å²) < 4.78 is 25.1. The number of hydrogen-bond donors (Lipinski definition) is 1. The van der Waals surface area contributed by atoms with Crippen LogP contribution in [0.3, 0.4) is 0 Å². The molecule has 1 heterocycles. The number of aromatic nitrogens is 1. The van der Waals surface area contributed by atoms with Crippen molar-refractivity contribution in [2.45, 2.75) is 13.0 Å². The fourth-order valence-corrected chi connectivity index (χ4v) is 1.51. The maximum atomic E-state index is 12.4. The van der Waals surface area contributed by atoms with Gasteiger partial charge in [0, 0.05) is 6.54 Å². The van der Waals surface area contributed by atoms with Crippen molar-refractivity contribution >= 4 is 22.6 Å². The Labute approximate surface area is 93.1 Å². The van der Waals surface area contributed by atoms with E-state index in [4.69, 9.17) is 11.0 Å². The Bertz CT molecular complexity index is 387. The van der Waals surface area contributed by atoms with Gasteiger partial charge >= 0.3 is 0 Å². The summed E-state index contributed by atoms with van der Waals surface area (Å²) in [7, 11) is 0. The Hall–Kier alpha value is -0.810. The van der Waals surface area contributed by atoms with Gasteiger partial charge in [-0.3, -0.25) is 0 Å². The average molecular weight is 309 g/mol. The van der Waals surface area contributed by atoms with Gasteiger partial charge in [-0.1, -0.05) is 0 Å². The van der Waals surface area contributed by atoms with Crippen LogP contribution in [0.15, 0.2) is 6.07 Å². The molecule has 0 saturated carbocycles. The van der Waals surface area contributed by atoms with Crippen molar-refractivity contribution < 1.29 is 8.78 Å². The lowest BCUT2D eigenvalue weighted by molar-refractivity contribution is 0.144. The Morgan fingerprint density at radius 3 is 2.71 bits per heavy atom. The third-order valence-electron chi connectivity index (χ3n) is 1.64. The van der Waals surface area contributed by atoms with Gasteiger partial charge in [0.1, 0.15) is 15.5 Å². The molecule has 74 valence electrons. The first kappa shape index (κ1) is 11.3. The highest BCUT2D eigenvalue weighted by atomic mass is 127. The fourth-order valence-electron chi connectivity index (χ4n) is 0.976. The summed E-state index contributed by atoms with van der Waals surface area (Å²) in [4.78, 5) is 3.65. The van der Waals surface area contributed by atoms with E-state index in [1.807, 2.05) is 6.07 Å². The quantitative estimate of drug-likeness (QED) is 0.671. The molecule has 0 atom stereocenters. The molecule has 0 fully saturated rings. The Kier molecular flexibility index (Phi) is 3.71. The number of hydrogen-bond acceptors (Lipinski definition) is 3. The second kappa shape index (κ2) is 4.61. The zero-order chi connectivity index (χ0) is 10.7. The van der Waals surface area contributed by atoms with Crippen LogP contribution in [-0.4, -0.2) is 4.98 Å². The molecule has 0 bridgehead atoms. The lowest BCUT2D eigenvalue weighted by atomic mass is 10.1. The van der Waals surface area contributed by atoms with Gasteiger partial charge in [0.2, 0.25) is 0 Å². The van der Waals surface area contributed by atoms with Gasteiger partial charge in [0.25, 0.3) is 6.43 Å². The van der Waals surface area contributed by atoms with Crippen molar-refractivity contribution in [1.82, 2.24) is 4.98 Å². The first-order chi connectivity index (χ1) is 6.60. The second-order valence-electron chi connectivity index (χ2n) is 2.49. The van der Waals surface area contributed by atoms with Crippen molar-refractivity contribution in [2.24, 2.45) is 5.73 Å². The normalized spacial score (nSPS) is 10.3. The monoisotopic (exact) mass is 309 g/mol. The van der Waals surface area contributed by atoms with Crippen molar-refractivity contribution in [3.63, 3.8) is 0 Å². The van der Waals surface area contributed by atoms with Crippen molar-refractivity contribution in [3.05, 3.63) is 26.6 Å². The molecule has 0 aliphatic carbocycles. The Morgan fingerprint density at radius 2 is 2.29 bits per heavy atom. The molecule has 0 radical (unpaired) electrons. The van der Waals surface area contributed by atoms with Crippen LogP contribution in [0, 0.1) is 15.0 Å². The van der Waals surface area contributed by atoms with E-state index in [9.17, 15) is 8.78 Å². The van der Waals surface area contributed by atoms with E-state index in [1.54, 1.807) is 22.6 Å². The minimum atomic E-state index is -2.66. The minimum Gasteiger partial charge on any atom is -0.326 e. The van der Waals surface area contributed by atoms with Gasteiger partial charge in [-0.05, 0) is 34.2 Å². The Morgan fingerprint density at radius 1 is 1.64 bits per heavy atom. The van der Waals surface area contributed by atoms with Crippen molar-refractivity contribution in [3.8, 4) is 6.07 Å². The summed E-state index contributed by atoms with van der Waals surface area (Å²) in [6, 6.07) is 3.22. The van der Waals surface area contributed by atoms with Gasteiger partial charge < -0.3 is 5.73 Å². The summed E-state index contributed by atoms with van der Waals surface area (Å²) in [6.45, 7) is -0.0434. The number of nitrogens with two attached hydrogens (primary N) is 1. The number of alkyl halides is 2. The summed E-state index contributed by atoms with van der Waals surface area (Å²) >= 11 is 1.74. The van der Waals surface area contributed by atoms with Crippen LogP contribution in [0.1, 0.15) is 23.2 Å². The summed E-state index contributed by atoms with van der Waals surface area (Å²) in [5.41, 5.74) is 5.43. The first-order valence-electron chi connectivity index (χ1n) is 3.67. The number of pyridine rings is 1. The molecule has 0 aliphatic heterocycles. The molecule has 1 aromatic rings. The summed E-state index contributed by atoms with van der Waals surface area (Å²) in [5, 5.41) is 8.64. The van der Waals surface area contributed by atoms with Gasteiger partial charge in [-0.2, -0.15) is 5.26 Å². The highest BCUT2D eigenvalue weighted by molar-refractivity contribution is 14.1. The maximum absolute atomic E-state index is 12.4. The fraction of sp³-hybridized carbons (Fsp3) is 0.250. The number of halogens is 3. The van der Waals surface area contributed by atoms with Crippen LogP contribution < -0.4 is 5.73 Å². The van der Waals surface area contributed by atoms with Crippen LogP contribution in [-0.2, 0) is 6.54 Å². The highest BCUT2D eigenvalue weighted by Crippen LogP contribution is 2.23. The molecule has 3 nitrogen and oxygen atoms in total. The van der Waals surface area contributed by atoms with E-state index in [0.717, 1.165) is 0 Å².